The van der Waals surface area contributed by atoms with E-state index in [0.717, 1.165) is 12.1 Å². The van der Waals surface area contributed by atoms with E-state index in [1.165, 1.54) is 17.0 Å². The van der Waals surface area contributed by atoms with Gasteiger partial charge in [0.05, 0.1) is 12.0 Å². The number of halogens is 2. The Morgan fingerprint density at radius 3 is 2.74 bits per heavy atom. The summed E-state index contributed by atoms with van der Waals surface area (Å²) in [4.78, 5) is 27.3. The third-order valence-electron chi connectivity index (χ3n) is 6.23. The van der Waals surface area contributed by atoms with Gasteiger partial charge in [0.1, 0.15) is 24.5 Å². The van der Waals surface area contributed by atoms with Crippen LogP contribution in [0.15, 0.2) is 40.2 Å². The van der Waals surface area contributed by atoms with Crippen LogP contribution in [0, 0.1) is 23.5 Å². The first-order valence-electron chi connectivity index (χ1n) is 9.88. The average Bonchev–Trinajstić information content (AvgIpc) is 3.18. The zero-order valence-corrected chi connectivity index (χ0v) is 16.4. The number of piperidine rings is 1. The highest BCUT2D eigenvalue weighted by Crippen LogP contribution is 2.58. The highest BCUT2D eigenvalue weighted by Gasteiger charge is 2.58. The Bertz CT molecular complexity index is 1370. The molecule has 3 aromatic heterocycles. The summed E-state index contributed by atoms with van der Waals surface area (Å²) in [5.74, 6) is 0.688. The van der Waals surface area contributed by atoms with Crippen molar-refractivity contribution < 1.29 is 13.3 Å². The summed E-state index contributed by atoms with van der Waals surface area (Å²) < 4.78 is 35.9. The number of fused-ring (bicyclic) bond motifs is 2. The lowest BCUT2D eigenvalue weighted by Crippen LogP contribution is -2.25. The van der Waals surface area contributed by atoms with E-state index in [-0.39, 0.29) is 35.5 Å². The molecule has 31 heavy (non-hydrogen) atoms. The van der Waals surface area contributed by atoms with E-state index in [4.69, 9.17) is 4.52 Å². The van der Waals surface area contributed by atoms with Crippen LogP contribution in [0.4, 0.5) is 14.5 Å². The highest BCUT2D eigenvalue weighted by atomic mass is 19.1. The van der Waals surface area contributed by atoms with Gasteiger partial charge in [-0.2, -0.15) is 4.98 Å². The predicted molar refractivity (Wildman–Crippen MR) is 104 cm³/mol. The number of nitrogens with zero attached hydrogens (tertiary/aromatic N) is 7. The van der Waals surface area contributed by atoms with Crippen molar-refractivity contribution in [3.63, 3.8) is 0 Å². The maximum atomic E-state index is 14.0. The van der Waals surface area contributed by atoms with E-state index in [2.05, 4.69) is 20.1 Å². The first-order valence-corrected chi connectivity index (χ1v) is 9.88. The third kappa shape index (κ3) is 2.83. The molecule has 2 aliphatic rings. The van der Waals surface area contributed by atoms with Crippen molar-refractivity contribution in [1.82, 2.24) is 29.2 Å². The van der Waals surface area contributed by atoms with Gasteiger partial charge >= 0.3 is 0 Å². The summed E-state index contributed by atoms with van der Waals surface area (Å²) in [6, 6.07) is 3.50. The van der Waals surface area contributed by atoms with Crippen molar-refractivity contribution in [1.29, 1.82) is 0 Å². The van der Waals surface area contributed by atoms with Crippen LogP contribution in [0.5, 0.6) is 0 Å². The normalized spacial score (nSPS) is 22.3. The molecule has 4 aromatic rings. The van der Waals surface area contributed by atoms with Crippen LogP contribution in [0.2, 0.25) is 0 Å². The number of anilines is 1. The highest BCUT2D eigenvalue weighted by molar-refractivity contribution is 5.68. The van der Waals surface area contributed by atoms with Crippen molar-refractivity contribution in [2.75, 3.05) is 18.0 Å². The molecule has 1 aliphatic heterocycles. The van der Waals surface area contributed by atoms with Crippen molar-refractivity contribution in [2.24, 2.45) is 18.9 Å². The van der Waals surface area contributed by atoms with Crippen molar-refractivity contribution in [3.05, 3.63) is 64.6 Å². The predicted octanol–water partition coefficient (Wildman–Crippen LogP) is 1.69. The van der Waals surface area contributed by atoms with E-state index in [9.17, 15) is 13.6 Å². The molecule has 4 heterocycles. The zero-order valence-electron chi connectivity index (χ0n) is 16.4. The van der Waals surface area contributed by atoms with Crippen LogP contribution in [0.3, 0.4) is 0 Å². The molecule has 9 nitrogen and oxygen atoms in total. The van der Waals surface area contributed by atoms with E-state index in [1.807, 2.05) is 4.90 Å². The van der Waals surface area contributed by atoms with E-state index < -0.39 is 11.6 Å². The van der Waals surface area contributed by atoms with Gasteiger partial charge in [-0.25, -0.2) is 18.7 Å². The fourth-order valence-corrected chi connectivity index (χ4v) is 4.63. The molecule has 11 heteroatoms. The number of benzene rings is 1. The molecule has 0 N–H and O–H groups in total. The molecular weight excluding hydrogens is 408 g/mol. The second kappa shape index (κ2) is 6.43. The number of imidazole rings is 1. The molecule has 3 atom stereocenters. The number of aryl methyl sites for hydroxylation is 1. The van der Waals surface area contributed by atoms with Crippen LogP contribution >= 0.6 is 0 Å². The minimum absolute atomic E-state index is 0.114. The van der Waals surface area contributed by atoms with Gasteiger partial charge in [0.25, 0.3) is 5.56 Å². The van der Waals surface area contributed by atoms with Gasteiger partial charge in [-0.1, -0.05) is 5.16 Å². The lowest BCUT2D eigenvalue weighted by molar-refractivity contribution is 0.363. The molecule has 6 rings (SSSR count). The molecule has 0 amide bonds. The van der Waals surface area contributed by atoms with Crippen molar-refractivity contribution >= 4 is 16.9 Å². The Morgan fingerprint density at radius 2 is 1.94 bits per heavy atom. The summed E-state index contributed by atoms with van der Waals surface area (Å²) in [6.07, 6.45) is 2.96. The fraction of sp³-hybridized carbons (Fsp3) is 0.350. The number of rotatable bonds is 4. The van der Waals surface area contributed by atoms with Crippen LogP contribution in [0.25, 0.3) is 11.2 Å². The van der Waals surface area contributed by atoms with Crippen LogP contribution in [-0.4, -0.2) is 42.3 Å². The molecular formula is C20H17F2N7O2. The first kappa shape index (κ1) is 18.2. The lowest BCUT2D eigenvalue weighted by Gasteiger charge is -2.22. The molecule has 1 aliphatic carbocycles. The van der Waals surface area contributed by atoms with Gasteiger partial charge in [0.2, 0.25) is 5.89 Å². The third-order valence-corrected chi connectivity index (χ3v) is 6.23. The second-order valence-electron chi connectivity index (χ2n) is 8.11. The number of hydrogen-bond donors (Lipinski definition) is 0. The minimum Gasteiger partial charge on any atom is -0.368 e. The molecule has 1 unspecified atom stereocenters. The van der Waals surface area contributed by atoms with Gasteiger partial charge < -0.3 is 14.0 Å². The smallest absolute Gasteiger partial charge is 0.280 e. The van der Waals surface area contributed by atoms with Gasteiger partial charge in [0.15, 0.2) is 17.0 Å². The Morgan fingerprint density at radius 1 is 1.16 bits per heavy atom. The number of hydrogen-bond acceptors (Lipinski definition) is 7. The monoisotopic (exact) mass is 425 g/mol. The Balaban J connectivity index is 1.17. The summed E-state index contributed by atoms with van der Waals surface area (Å²) in [5, 5.41) is 4.09. The molecule has 1 aromatic carbocycles. The van der Waals surface area contributed by atoms with Crippen LogP contribution in [-0.2, 0) is 13.6 Å². The summed E-state index contributed by atoms with van der Waals surface area (Å²) in [5.41, 5.74) is 0.849. The second-order valence-corrected chi connectivity index (χ2v) is 8.11. The first-order chi connectivity index (χ1) is 15.0. The standard InChI is InChI=1S/C20H17F2N7O2/c1-27-8-23-19-17(27)20(30)29(9-24-19)7-15-25-18(26-31-15)16-11-5-28(6-12(11)16)14-4-10(21)2-3-13(14)22/h2-4,8-9,11-12,16H,5-7H2,1H3/t11-,12+,16?. The summed E-state index contributed by atoms with van der Waals surface area (Å²) >= 11 is 0. The molecule has 158 valence electrons. The Labute approximate surface area is 173 Å². The van der Waals surface area contributed by atoms with E-state index in [1.54, 1.807) is 17.9 Å². The summed E-state index contributed by atoms with van der Waals surface area (Å²) in [6.45, 7) is 1.34. The molecule has 1 saturated heterocycles. The SMILES string of the molecule is Cn1cnc2ncn(Cc3nc(C4[C@H]5CN(c6cc(F)ccc6F)C[C@@H]45)no3)c(=O)c21. The summed E-state index contributed by atoms with van der Waals surface area (Å²) in [7, 11) is 1.73. The average molecular weight is 425 g/mol. The largest absolute Gasteiger partial charge is 0.368 e. The molecule has 2 fully saturated rings. The number of aromatic nitrogens is 6. The molecule has 0 spiro atoms. The van der Waals surface area contributed by atoms with Crippen molar-refractivity contribution in [3.8, 4) is 0 Å². The van der Waals surface area contributed by atoms with Crippen molar-refractivity contribution in [2.45, 2.75) is 12.5 Å². The molecule has 0 bridgehead atoms. The van der Waals surface area contributed by atoms with E-state index >= 15 is 0 Å². The Hall–Kier alpha value is -3.63. The maximum Gasteiger partial charge on any atom is 0.280 e. The molecule has 0 radical (unpaired) electrons. The quantitative estimate of drug-likeness (QED) is 0.491. The van der Waals surface area contributed by atoms with Gasteiger partial charge in [-0.3, -0.25) is 9.36 Å². The zero-order chi connectivity index (χ0) is 21.3. The van der Waals surface area contributed by atoms with Gasteiger partial charge in [0, 0.05) is 32.1 Å². The topological polar surface area (TPSA) is 94.9 Å². The minimum atomic E-state index is -0.453. The Kier molecular flexibility index (Phi) is 3.77. The maximum absolute atomic E-state index is 14.0. The fourth-order valence-electron chi connectivity index (χ4n) is 4.63. The van der Waals surface area contributed by atoms with Crippen LogP contribution in [0.1, 0.15) is 17.6 Å². The van der Waals surface area contributed by atoms with Gasteiger partial charge in [-0.05, 0) is 24.0 Å². The van der Waals surface area contributed by atoms with Gasteiger partial charge in [-0.15, -0.1) is 0 Å². The van der Waals surface area contributed by atoms with Crippen LogP contribution < -0.4 is 10.5 Å². The molecule has 1 saturated carbocycles. The van der Waals surface area contributed by atoms with E-state index in [0.29, 0.717) is 36.0 Å². The lowest BCUT2D eigenvalue weighted by atomic mass is 10.2.